The second-order valence-corrected chi connectivity index (χ2v) is 28.8. The summed E-state index contributed by atoms with van der Waals surface area (Å²) in [6.07, 6.45) is 97.8. The first-order valence-corrected chi connectivity index (χ1v) is 41.3. The van der Waals surface area contributed by atoms with Gasteiger partial charge in [0.25, 0.3) is 0 Å². The molecule has 2 unspecified atom stereocenters. The summed E-state index contributed by atoms with van der Waals surface area (Å²) in [6, 6.07) is -0.539. The number of amides is 1. The largest absolute Gasteiger partial charge is 0.466 e. The van der Waals surface area contributed by atoms with E-state index in [1.165, 1.54) is 417 Å². The third-order valence-electron chi connectivity index (χ3n) is 19.9. The van der Waals surface area contributed by atoms with Gasteiger partial charge in [-0.1, -0.05) is 450 Å². The van der Waals surface area contributed by atoms with Crippen molar-refractivity contribution < 1.29 is 24.5 Å². The number of carbonyl (C=O) groups excluding carboxylic acids is 2. The zero-order valence-electron chi connectivity index (χ0n) is 60.5. The summed E-state index contributed by atoms with van der Waals surface area (Å²) in [5, 5.41) is 23.5. The maximum Gasteiger partial charge on any atom is 0.305 e. The van der Waals surface area contributed by atoms with Crippen molar-refractivity contribution in [3.8, 4) is 0 Å². The topological polar surface area (TPSA) is 95.9 Å². The number of aliphatic hydroxyl groups is 2. The minimum atomic E-state index is -0.662. The molecular weight excluding hydrogens is 1080 g/mol. The number of hydrogen-bond acceptors (Lipinski definition) is 5. The maximum absolute atomic E-state index is 12.6. The molecule has 6 heteroatoms. The van der Waals surface area contributed by atoms with Gasteiger partial charge in [-0.15, -0.1) is 0 Å². The molecule has 0 aromatic carbocycles. The Balaban J connectivity index is 3.31. The molecule has 0 aromatic rings. The van der Waals surface area contributed by atoms with Crippen LogP contribution in [0.25, 0.3) is 0 Å². The predicted octanol–water partition coefficient (Wildman–Crippen LogP) is 27.3. The van der Waals surface area contributed by atoms with E-state index in [2.05, 4.69) is 19.2 Å². The SMILES string of the molecule is CCCCCCCCCCCCCCCCCCCCCCCCC(O)C(CO)NC(=O)CCCCCCCCCCCCCCCCCCCCCCCCCCCCCCCCOC(=O)CCCCCCCCCCCCCCCCCCCCC. The highest BCUT2D eigenvalue weighted by atomic mass is 16.5. The molecule has 3 N–H and O–H groups in total. The Hall–Kier alpha value is -1.14. The van der Waals surface area contributed by atoms with E-state index in [0.717, 1.165) is 38.5 Å². The molecule has 0 fully saturated rings. The van der Waals surface area contributed by atoms with Gasteiger partial charge in [0.15, 0.2) is 0 Å². The summed E-state index contributed by atoms with van der Waals surface area (Å²) in [4.78, 5) is 24.7. The van der Waals surface area contributed by atoms with E-state index in [9.17, 15) is 19.8 Å². The maximum atomic E-state index is 12.6. The van der Waals surface area contributed by atoms with Gasteiger partial charge in [0, 0.05) is 12.8 Å². The van der Waals surface area contributed by atoms with Crippen molar-refractivity contribution in [3.63, 3.8) is 0 Å². The second kappa shape index (κ2) is 78.3. The quantitative estimate of drug-likeness (QED) is 0.0417. The molecule has 0 saturated carbocycles. The molecule has 0 rings (SSSR count). The van der Waals surface area contributed by atoms with Crippen molar-refractivity contribution in [2.45, 2.75) is 501 Å². The Morgan fingerprint density at radius 2 is 0.466 bits per heavy atom. The summed E-state index contributed by atoms with van der Waals surface area (Å²) >= 11 is 0. The first-order chi connectivity index (χ1) is 43.5. The van der Waals surface area contributed by atoms with Crippen LogP contribution < -0.4 is 5.32 Å². The molecule has 0 heterocycles. The lowest BCUT2D eigenvalue weighted by Gasteiger charge is -2.22. The Morgan fingerprint density at radius 3 is 0.693 bits per heavy atom. The third kappa shape index (κ3) is 73.9. The molecule has 0 aliphatic heterocycles. The predicted molar refractivity (Wildman–Crippen MR) is 389 cm³/mol. The molecule has 0 bridgehead atoms. The first kappa shape index (κ1) is 86.9. The number of carbonyl (C=O) groups is 2. The zero-order valence-corrected chi connectivity index (χ0v) is 60.5. The monoisotopic (exact) mass is 1240 g/mol. The molecule has 0 aliphatic rings. The van der Waals surface area contributed by atoms with Crippen LogP contribution in [0.4, 0.5) is 0 Å². The van der Waals surface area contributed by atoms with Gasteiger partial charge in [-0.25, -0.2) is 0 Å². The standard InChI is InChI=1S/C82H163NO5/c1-3-5-7-9-11-13-15-17-19-21-23-24-35-39-42-46-50-54-58-62-66-70-74-80(85)79(78-84)83-81(86)75-71-67-63-59-55-51-47-43-40-36-33-31-29-27-25-26-28-30-32-34-37-41-45-49-53-57-61-65-69-73-77-88-82(87)76-72-68-64-60-56-52-48-44-38-22-20-18-16-14-12-10-8-6-4-2/h79-80,84-85H,3-78H2,1-2H3,(H,83,86). The van der Waals surface area contributed by atoms with Gasteiger partial charge < -0.3 is 20.3 Å². The molecular formula is C82H163NO5. The number of nitrogens with one attached hydrogen (secondary N) is 1. The fraction of sp³-hybridized carbons (Fsp3) is 0.976. The highest BCUT2D eigenvalue weighted by Gasteiger charge is 2.20. The molecule has 88 heavy (non-hydrogen) atoms. The van der Waals surface area contributed by atoms with Gasteiger partial charge in [0.2, 0.25) is 5.91 Å². The highest BCUT2D eigenvalue weighted by Crippen LogP contribution is 2.21. The van der Waals surface area contributed by atoms with Crippen LogP contribution in [0.2, 0.25) is 0 Å². The van der Waals surface area contributed by atoms with Crippen molar-refractivity contribution >= 4 is 11.9 Å². The fourth-order valence-corrected chi connectivity index (χ4v) is 13.6. The Bertz CT molecular complexity index is 1290. The van der Waals surface area contributed by atoms with Crippen LogP contribution in [0.5, 0.6) is 0 Å². The minimum absolute atomic E-state index is 0.0246. The van der Waals surface area contributed by atoms with Gasteiger partial charge in [-0.05, 0) is 25.7 Å². The van der Waals surface area contributed by atoms with Crippen LogP contribution in [0.1, 0.15) is 489 Å². The summed E-state index contributed by atoms with van der Waals surface area (Å²) in [6.45, 7) is 5.03. The van der Waals surface area contributed by atoms with Crippen LogP contribution in [-0.2, 0) is 14.3 Å². The number of aliphatic hydroxyl groups excluding tert-OH is 2. The second-order valence-electron chi connectivity index (χ2n) is 28.8. The van der Waals surface area contributed by atoms with Gasteiger partial charge in [0.05, 0.1) is 25.4 Å². The Labute approximate surface area is 553 Å². The van der Waals surface area contributed by atoms with Gasteiger partial charge in [-0.3, -0.25) is 9.59 Å². The van der Waals surface area contributed by atoms with Crippen molar-refractivity contribution in [3.05, 3.63) is 0 Å². The molecule has 0 spiro atoms. The number of hydrogen-bond donors (Lipinski definition) is 3. The normalized spacial score (nSPS) is 12.4. The molecule has 2 atom stereocenters. The van der Waals surface area contributed by atoms with E-state index < -0.39 is 12.1 Å². The minimum Gasteiger partial charge on any atom is -0.466 e. The molecule has 0 aromatic heterocycles. The fourth-order valence-electron chi connectivity index (χ4n) is 13.6. The summed E-state index contributed by atoms with van der Waals surface area (Å²) < 4.78 is 5.52. The lowest BCUT2D eigenvalue weighted by atomic mass is 10.0. The van der Waals surface area contributed by atoms with Crippen molar-refractivity contribution in [1.29, 1.82) is 0 Å². The number of rotatable bonds is 79. The average Bonchev–Trinajstić information content (AvgIpc) is 3.58. The number of unbranched alkanes of at least 4 members (excludes halogenated alkanes) is 68. The summed E-state index contributed by atoms with van der Waals surface area (Å²) in [5.41, 5.74) is 0. The van der Waals surface area contributed by atoms with Gasteiger partial charge in [-0.2, -0.15) is 0 Å². The molecule has 0 aliphatic carbocycles. The van der Waals surface area contributed by atoms with Gasteiger partial charge >= 0.3 is 5.97 Å². The highest BCUT2D eigenvalue weighted by molar-refractivity contribution is 5.76. The van der Waals surface area contributed by atoms with Crippen LogP contribution in [0, 0.1) is 0 Å². The molecule has 1 amide bonds. The van der Waals surface area contributed by atoms with E-state index in [4.69, 9.17) is 4.74 Å². The van der Waals surface area contributed by atoms with Crippen molar-refractivity contribution in [2.75, 3.05) is 13.2 Å². The zero-order chi connectivity index (χ0) is 63.5. The van der Waals surface area contributed by atoms with Crippen molar-refractivity contribution in [1.82, 2.24) is 5.32 Å². The Kier molecular flexibility index (Phi) is 77.3. The molecule has 526 valence electrons. The first-order valence-electron chi connectivity index (χ1n) is 41.3. The Morgan fingerprint density at radius 1 is 0.273 bits per heavy atom. The number of esters is 1. The van der Waals surface area contributed by atoms with Crippen molar-refractivity contribution in [2.24, 2.45) is 0 Å². The smallest absolute Gasteiger partial charge is 0.305 e. The molecule has 0 saturated heterocycles. The number of ether oxygens (including phenoxy) is 1. The van der Waals surface area contributed by atoms with E-state index in [-0.39, 0.29) is 18.5 Å². The third-order valence-corrected chi connectivity index (χ3v) is 19.9. The van der Waals surface area contributed by atoms with Crippen LogP contribution in [0.15, 0.2) is 0 Å². The van der Waals surface area contributed by atoms with E-state index in [1.54, 1.807) is 0 Å². The van der Waals surface area contributed by atoms with Crippen LogP contribution >= 0.6 is 0 Å². The van der Waals surface area contributed by atoms with E-state index in [1.807, 2.05) is 0 Å². The van der Waals surface area contributed by atoms with E-state index >= 15 is 0 Å². The summed E-state index contributed by atoms with van der Waals surface area (Å²) in [5.74, 6) is 0.00213. The van der Waals surface area contributed by atoms with Gasteiger partial charge in [0.1, 0.15) is 0 Å². The van der Waals surface area contributed by atoms with Crippen LogP contribution in [-0.4, -0.2) is 47.4 Å². The molecule has 6 nitrogen and oxygen atoms in total. The van der Waals surface area contributed by atoms with E-state index in [0.29, 0.717) is 25.9 Å². The average molecular weight is 1240 g/mol. The lowest BCUT2D eigenvalue weighted by Crippen LogP contribution is -2.45. The van der Waals surface area contributed by atoms with Crippen LogP contribution in [0.3, 0.4) is 0 Å². The lowest BCUT2D eigenvalue weighted by molar-refractivity contribution is -0.143. The molecule has 0 radical (unpaired) electrons. The summed E-state index contributed by atoms with van der Waals surface area (Å²) in [7, 11) is 0.